The van der Waals surface area contributed by atoms with Crippen LogP contribution in [0.4, 0.5) is 0 Å². The first-order chi connectivity index (χ1) is 15.5. The van der Waals surface area contributed by atoms with Gasteiger partial charge in [0.1, 0.15) is 5.75 Å². The van der Waals surface area contributed by atoms with Gasteiger partial charge in [-0.25, -0.2) is 0 Å². The van der Waals surface area contributed by atoms with Crippen LogP contribution in [0, 0.1) is 5.92 Å². The van der Waals surface area contributed by atoms with Crippen molar-refractivity contribution in [3.63, 3.8) is 0 Å². The van der Waals surface area contributed by atoms with Gasteiger partial charge >= 0.3 is 0 Å². The van der Waals surface area contributed by atoms with E-state index in [-0.39, 0.29) is 29.9 Å². The standard InChI is InChI=1S/C25H43N5O2.HI/c1-5-14-27-24(31)18-30-16-12-22(13-17-30)29-25(26-6-2)28-15-11-21-7-9-23(10-8-21)32-19-20(3)4;/h7-10,20,22H,5-6,11-19H2,1-4H3,(H,27,31)(H2,26,28,29);1H. The number of carbonyl (C=O) groups is 1. The van der Waals surface area contributed by atoms with Crippen LogP contribution >= 0.6 is 24.0 Å². The SMILES string of the molecule is CCCNC(=O)CN1CCC(NC(=NCCc2ccc(OCC(C)C)cc2)NCC)CC1.I. The van der Waals surface area contributed by atoms with Crippen molar-refractivity contribution < 1.29 is 9.53 Å². The molecule has 0 bridgehead atoms. The maximum Gasteiger partial charge on any atom is 0.234 e. The fourth-order valence-corrected chi connectivity index (χ4v) is 3.58. The number of halogens is 1. The summed E-state index contributed by atoms with van der Waals surface area (Å²) < 4.78 is 5.75. The number of likely N-dealkylation sites (tertiary alicyclic amines) is 1. The Morgan fingerprint density at radius 3 is 2.45 bits per heavy atom. The van der Waals surface area contributed by atoms with E-state index in [2.05, 4.69) is 60.7 Å². The molecule has 0 spiro atoms. The van der Waals surface area contributed by atoms with E-state index in [0.717, 1.165) is 76.7 Å². The molecule has 0 aliphatic carbocycles. The highest BCUT2D eigenvalue weighted by Gasteiger charge is 2.21. The summed E-state index contributed by atoms with van der Waals surface area (Å²) >= 11 is 0. The summed E-state index contributed by atoms with van der Waals surface area (Å²) in [4.78, 5) is 18.9. The van der Waals surface area contributed by atoms with Crippen LogP contribution in [0.5, 0.6) is 5.75 Å². The smallest absolute Gasteiger partial charge is 0.234 e. The van der Waals surface area contributed by atoms with Crippen LogP contribution in [0.25, 0.3) is 0 Å². The molecule has 1 aromatic rings. The minimum Gasteiger partial charge on any atom is -0.493 e. The van der Waals surface area contributed by atoms with E-state index in [1.54, 1.807) is 0 Å². The molecule has 1 heterocycles. The summed E-state index contributed by atoms with van der Waals surface area (Å²) in [7, 11) is 0. The van der Waals surface area contributed by atoms with Gasteiger partial charge in [-0.3, -0.25) is 14.7 Å². The lowest BCUT2D eigenvalue weighted by Crippen LogP contribution is -2.50. The van der Waals surface area contributed by atoms with E-state index in [4.69, 9.17) is 9.73 Å². The normalized spacial score (nSPS) is 15.1. The van der Waals surface area contributed by atoms with Gasteiger partial charge < -0.3 is 20.7 Å². The number of piperidine rings is 1. The molecule has 1 amide bonds. The number of ether oxygens (including phenoxy) is 1. The van der Waals surface area contributed by atoms with Crippen molar-refractivity contribution in [2.75, 3.05) is 45.9 Å². The number of nitrogens with zero attached hydrogens (tertiary/aromatic N) is 2. The number of benzene rings is 1. The average Bonchev–Trinajstić information content (AvgIpc) is 2.78. The van der Waals surface area contributed by atoms with Gasteiger partial charge in [0.05, 0.1) is 13.2 Å². The third-order valence-corrected chi connectivity index (χ3v) is 5.39. The summed E-state index contributed by atoms with van der Waals surface area (Å²) in [5.74, 6) is 2.46. The Balaban J connectivity index is 0.00000544. The number of hydrogen-bond donors (Lipinski definition) is 3. The molecule has 0 unspecified atom stereocenters. The van der Waals surface area contributed by atoms with Crippen molar-refractivity contribution in [1.29, 1.82) is 0 Å². The van der Waals surface area contributed by atoms with Gasteiger partial charge in [0, 0.05) is 38.8 Å². The van der Waals surface area contributed by atoms with Crippen LogP contribution in [-0.4, -0.2) is 68.7 Å². The Bertz CT molecular complexity index is 689. The van der Waals surface area contributed by atoms with Crippen LogP contribution in [0.1, 0.15) is 52.5 Å². The lowest BCUT2D eigenvalue weighted by atomic mass is 10.1. The number of guanidine groups is 1. The van der Waals surface area contributed by atoms with Gasteiger partial charge in [-0.05, 0) is 56.2 Å². The summed E-state index contributed by atoms with van der Waals surface area (Å²) in [5, 5.41) is 9.90. The van der Waals surface area contributed by atoms with Crippen molar-refractivity contribution >= 4 is 35.8 Å². The Morgan fingerprint density at radius 1 is 1.15 bits per heavy atom. The molecular weight excluding hydrogens is 529 g/mol. The van der Waals surface area contributed by atoms with Crippen molar-refractivity contribution in [1.82, 2.24) is 20.9 Å². The number of amides is 1. The molecule has 7 nitrogen and oxygen atoms in total. The van der Waals surface area contributed by atoms with Crippen LogP contribution in [0.2, 0.25) is 0 Å². The predicted molar refractivity (Wildman–Crippen MR) is 148 cm³/mol. The van der Waals surface area contributed by atoms with Gasteiger partial charge in [-0.1, -0.05) is 32.9 Å². The molecule has 0 saturated carbocycles. The average molecular weight is 574 g/mol. The molecule has 188 valence electrons. The third kappa shape index (κ3) is 12.5. The molecule has 1 aromatic carbocycles. The highest BCUT2D eigenvalue weighted by Crippen LogP contribution is 2.14. The number of aliphatic imine (C=N–C) groups is 1. The van der Waals surface area contributed by atoms with Gasteiger partial charge in [0.15, 0.2) is 5.96 Å². The molecule has 1 aliphatic heterocycles. The molecular formula is C25H44IN5O2. The molecule has 0 radical (unpaired) electrons. The molecule has 1 saturated heterocycles. The highest BCUT2D eigenvalue weighted by molar-refractivity contribution is 14.0. The molecule has 2 rings (SSSR count). The third-order valence-electron chi connectivity index (χ3n) is 5.39. The van der Waals surface area contributed by atoms with Crippen LogP contribution in [-0.2, 0) is 11.2 Å². The van der Waals surface area contributed by atoms with Crippen molar-refractivity contribution in [3.8, 4) is 5.75 Å². The van der Waals surface area contributed by atoms with E-state index < -0.39 is 0 Å². The largest absolute Gasteiger partial charge is 0.493 e. The Hall–Kier alpha value is -1.55. The Kier molecular flexibility index (Phi) is 15.2. The van der Waals surface area contributed by atoms with E-state index >= 15 is 0 Å². The van der Waals surface area contributed by atoms with E-state index in [9.17, 15) is 4.79 Å². The molecule has 1 fully saturated rings. The maximum absolute atomic E-state index is 11.9. The number of rotatable bonds is 12. The van der Waals surface area contributed by atoms with Crippen molar-refractivity contribution in [2.24, 2.45) is 10.9 Å². The Labute approximate surface area is 217 Å². The summed E-state index contributed by atoms with van der Waals surface area (Å²) in [6, 6.07) is 8.72. The second-order valence-electron chi connectivity index (χ2n) is 8.90. The molecule has 8 heteroatoms. The topological polar surface area (TPSA) is 78.0 Å². The first-order valence-corrected chi connectivity index (χ1v) is 12.3. The van der Waals surface area contributed by atoms with Gasteiger partial charge in [0.25, 0.3) is 0 Å². The zero-order valence-corrected chi connectivity index (χ0v) is 23.2. The first-order valence-electron chi connectivity index (χ1n) is 12.3. The monoisotopic (exact) mass is 573 g/mol. The summed E-state index contributed by atoms with van der Waals surface area (Å²) in [5.41, 5.74) is 1.26. The number of nitrogens with one attached hydrogen (secondary N) is 3. The van der Waals surface area contributed by atoms with Gasteiger partial charge in [-0.15, -0.1) is 24.0 Å². The van der Waals surface area contributed by atoms with E-state index in [1.165, 1.54) is 5.56 Å². The fraction of sp³-hybridized carbons (Fsp3) is 0.680. The molecule has 1 aliphatic rings. The van der Waals surface area contributed by atoms with Gasteiger partial charge in [0.2, 0.25) is 5.91 Å². The first kappa shape index (κ1) is 29.5. The molecule has 0 atom stereocenters. The van der Waals surface area contributed by atoms with Crippen molar-refractivity contribution in [2.45, 2.75) is 59.4 Å². The molecule has 3 N–H and O–H groups in total. The minimum atomic E-state index is 0. The van der Waals surface area contributed by atoms with Crippen molar-refractivity contribution in [3.05, 3.63) is 29.8 Å². The van der Waals surface area contributed by atoms with Crippen LogP contribution < -0.4 is 20.7 Å². The quantitative estimate of drug-likeness (QED) is 0.203. The zero-order valence-electron chi connectivity index (χ0n) is 20.9. The van der Waals surface area contributed by atoms with Gasteiger partial charge in [-0.2, -0.15) is 0 Å². The molecule has 33 heavy (non-hydrogen) atoms. The summed E-state index contributed by atoms with van der Waals surface area (Å²) in [6.07, 6.45) is 3.90. The zero-order chi connectivity index (χ0) is 23.2. The summed E-state index contributed by atoms with van der Waals surface area (Å²) in [6.45, 7) is 13.9. The van der Waals surface area contributed by atoms with Crippen LogP contribution in [0.15, 0.2) is 29.3 Å². The Morgan fingerprint density at radius 2 is 1.85 bits per heavy atom. The second-order valence-corrected chi connectivity index (χ2v) is 8.90. The lowest BCUT2D eigenvalue weighted by molar-refractivity contribution is -0.122. The molecule has 0 aromatic heterocycles. The van der Waals surface area contributed by atoms with Crippen LogP contribution in [0.3, 0.4) is 0 Å². The number of carbonyl (C=O) groups excluding carboxylic acids is 1. The second kappa shape index (κ2) is 17.0. The predicted octanol–water partition coefficient (Wildman–Crippen LogP) is 3.43. The van der Waals surface area contributed by atoms with E-state index in [0.29, 0.717) is 18.5 Å². The van der Waals surface area contributed by atoms with E-state index in [1.807, 2.05) is 12.1 Å². The minimum absolute atomic E-state index is 0. The number of hydrogen-bond acceptors (Lipinski definition) is 4. The lowest BCUT2D eigenvalue weighted by Gasteiger charge is -2.32. The fourth-order valence-electron chi connectivity index (χ4n) is 3.58. The highest BCUT2D eigenvalue weighted by atomic mass is 127. The maximum atomic E-state index is 11.9.